The number of nitrogens with one attached hydrogen (secondary N) is 2. The molecule has 0 aliphatic carbocycles. The van der Waals surface area contributed by atoms with Gasteiger partial charge in [-0.2, -0.15) is 0 Å². The average Bonchev–Trinajstić information content (AvgIpc) is 3.45. The quantitative estimate of drug-likeness (QED) is 0.323. The molecule has 0 bridgehead atoms. The number of guanidine groups is 1. The van der Waals surface area contributed by atoms with Crippen LogP contribution in [0.1, 0.15) is 44.2 Å². The zero-order chi connectivity index (χ0) is 20.6. The summed E-state index contributed by atoms with van der Waals surface area (Å²) in [6.45, 7) is 6.50. The molecule has 7 nitrogen and oxygen atoms in total. The summed E-state index contributed by atoms with van der Waals surface area (Å²) in [7, 11) is 3.51. The van der Waals surface area contributed by atoms with Gasteiger partial charge in [0.05, 0.1) is 13.2 Å². The summed E-state index contributed by atoms with van der Waals surface area (Å²) in [5.41, 5.74) is 1.26. The number of hydrogen-bond acceptors (Lipinski definition) is 4. The highest BCUT2D eigenvalue weighted by atomic mass is 127. The van der Waals surface area contributed by atoms with Crippen LogP contribution < -0.4 is 15.4 Å². The van der Waals surface area contributed by atoms with Crippen LogP contribution >= 0.6 is 24.0 Å². The van der Waals surface area contributed by atoms with E-state index in [4.69, 9.17) is 4.74 Å². The molecule has 2 aliphatic rings. The summed E-state index contributed by atoms with van der Waals surface area (Å²) in [5.74, 6) is 1.91. The SMILES string of the molecule is CCC(=O)N1CCC(NC(=NC)NCC(c2cccc(OC)c2)N2CCCC2)C1.I. The molecule has 2 atom stereocenters. The minimum atomic E-state index is 0. The zero-order valence-electron chi connectivity index (χ0n) is 18.4. The first-order chi connectivity index (χ1) is 14.1. The van der Waals surface area contributed by atoms with E-state index >= 15 is 0 Å². The zero-order valence-corrected chi connectivity index (χ0v) is 20.7. The highest BCUT2D eigenvalue weighted by molar-refractivity contribution is 14.0. The lowest BCUT2D eigenvalue weighted by Crippen LogP contribution is -2.47. The van der Waals surface area contributed by atoms with Gasteiger partial charge in [0.1, 0.15) is 5.75 Å². The van der Waals surface area contributed by atoms with Gasteiger partial charge < -0.3 is 20.3 Å². The van der Waals surface area contributed by atoms with E-state index in [-0.39, 0.29) is 42.0 Å². The fourth-order valence-corrected chi connectivity index (χ4v) is 4.27. The number of hydrogen-bond donors (Lipinski definition) is 2. The predicted molar refractivity (Wildman–Crippen MR) is 132 cm³/mol. The first-order valence-electron chi connectivity index (χ1n) is 10.8. The Bertz CT molecular complexity index is 709. The molecule has 2 heterocycles. The molecule has 1 aromatic rings. The second-order valence-corrected chi connectivity index (χ2v) is 7.81. The van der Waals surface area contributed by atoms with Gasteiger partial charge in [-0.1, -0.05) is 19.1 Å². The highest BCUT2D eigenvalue weighted by Gasteiger charge is 2.27. The molecule has 1 aromatic carbocycles. The van der Waals surface area contributed by atoms with E-state index in [0.29, 0.717) is 6.42 Å². The molecular weight excluding hydrogens is 493 g/mol. The monoisotopic (exact) mass is 529 g/mol. The van der Waals surface area contributed by atoms with Crippen molar-refractivity contribution in [3.8, 4) is 5.75 Å². The summed E-state index contributed by atoms with van der Waals surface area (Å²) < 4.78 is 5.43. The van der Waals surface area contributed by atoms with E-state index in [1.165, 1.54) is 18.4 Å². The Labute approximate surface area is 197 Å². The van der Waals surface area contributed by atoms with Crippen molar-refractivity contribution in [1.82, 2.24) is 20.4 Å². The van der Waals surface area contributed by atoms with Gasteiger partial charge in [0.15, 0.2) is 5.96 Å². The van der Waals surface area contributed by atoms with E-state index in [1.807, 2.05) is 17.9 Å². The number of amides is 1. The summed E-state index contributed by atoms with van der Waals surface area (Å²) in [6.07, 6.45) is 4.02. The standard InChI is InChI=1S/C22H35N5O2.HI/c1-4-21(28)27-13-10-18(16-27)25-22(23-2)24-15-20(26-11-5-6-12-26)17-8-7-9-19(14-17)29-3;/h7-9,14,18,20H,4-6,10-13,15-16H2,1-3H3,(H2,23,24,25);1H. The lowest BCUT2D eigenvalue weighted by Gasteiger charge is -2.29. The number of likely N-dealkylation sites (tertiary alicyclic amines) is 2. The van der Waals surface area contributed by atoms with Gasteiger partial charge in [0.25, 0.3) is 0 Å². The van der Waals surface area contributed by atoms with Gasteiger partial charge in [-0.05, 0) is 50.0 Å². The molecule has 0 spiro atoms. The fraction of sp³-hybridized carbons (Fsp3) is 0.636. The van der Waals surface area contributed by atoms with Crippen LogP contribution in [0.4, 0.5) is 0 Å². The molecule has 2 N–H and O–H groups in total. The molecule has 2 fully saturated rings. The highest BCUT2D eigenvalue weighted by Crippen LogP contribution is 2.27. The molecule has 2 unspecified atom stereocenters. The maximum absolute atomic E-state index is 11.9. The van der Waals surface area contributed by atoms with Gasteiger partial charge in [-0.3, -0.25) is 14.7 Å². The second-order valence-electron chi connectivity index (χ2n) is 7.81. The number of methoxy groups -OCH3 is 1. The van der Waals surface area contributed by atoms with Gasteiger partial charge in [-0.15, -0.1) is 24.0 Å². The first-order valence-corrected chi connectivity index (χ1v) is 10.8. The molecular formula is C22H36IN5O2. The third kappa shape index (κ3) is 6.47. The van der Waals surface area contributed by atoms with Crippen molar-refractivity contribution in [2.75, 3.05) is 46.9 Å². The van der Waals surface area contributed by atoms with E-state index < -0.39 is 0 Å². The third-order valence-corrected chi connectivity index (χ3v) is 5.93. The maximum atomic E-state index is 11.9. The maximum Gasteiger partial charge on any atom is 0.222 e. The number of nitrogens with zero attached hydrogens (tertiary/aromatic N) is 3. The van der Waals surface area contributed by atoms with Crippen LogP contribution in [0.15, 0.2) is 29.3 Å². The van der Waals surface area contributed by atoms with E-state index in [0.717, 1.165) is 50.9 Å². The Morgan fingerprint density at radius 1 is 1.30 bits per heavy atom. The van der Waals surface area contributed by atoms with Crippen LogP contribution in [-0.2, 0) is 4.79 Å². The van der Waals surface area contributed by atoms with E-state index in [1.54, 1.807) is 14.2 Å². The van der Waals surface area contributed by atoms with E-state index in [9.17, 15) is 4.79 Å². The molecule has 30 heavy (non-hydrogen) atoms. The van der Waals surface area contributed by atoms with Crippen molar-refractivity contribution >= 4 is 35.8 Å². The van der Waals surface area contributed by atoms with Gasteiger partial charge >= 0.3 is 0 Å². The van der Waals surface area contributed by atoms with Crippen molar-refractivity contribution in [2.45, 2.75) is 44.7 Å². The van der Waals surface area contributed by atoms with Crippen molar-refractivity contribution in [3.63, 3.8) is 0 Å². The van der Waals surface area contributed by atoms with Gasteiger partial charge in [-0.25, -0.2) is 0 Å². The van der Waals surface area contributed by atoms with Crippen molar-refractivity contribution in [2.24, 2.45) is 4.99 Å². The second kappa shape index (κ2) is 12.3. The topological polar surface area (TPSA) is 69.2 Å². The lowest BCUT2D eigenvalue weighted by molar-refractivity contribution is -0.129. The Balaban J connectivity index is 0.00000320. The normalized spacial score (nSPS) is 20.6. The van der Waals surface area contributed by atoms with Crippen LogP contribution in [-0.4, -0.2) is 74.6 Å². The van der Waals surface area contributed by atoms with Crippen LogP contribution in [0.25, 0.3) is 0 Å². The molecule has 2 saturated heterocycles. The van der Waals surface area contributed by atoms with Gasteiger partial charge in [0, 0.05) is 39.1 Å². The molecule has 3 rings (SSSR count). The van der Waals surface area contributed by atoms with Crippen molar-refractivity contribution in [1.29, 1.82) is 0 Å². The summed E-state index contributed by atoms with van der Waals surface area (Å²) in [5, 5.41) is 7.02. The minimum absolute atomic E-state index is 0. The van der Waals surface area contributed by atoms with Crippen LogP contribution in [0.2, 0.25) is 0 Å². The fourth-order valence-electron chi connectivity index (χ4n) is 4.27. The molecule has 168 valence electrons. The largest absolute Gasteiger partial charge is 0.497 e. The summed E-state index contributed by atoms with van der Waals surface area (Å²) in [6, 6.07) is 8.87. The summed E-state index contributed by atoms with van der Waals surface area (Å²) >= 11 is 0. The number of halogens is 1. The number of ether oxygens (including phenoxy) is 1. The predicted octanol–water partition coefficient (Wildman–Crippen LogP) is 2.63. The number of benzene rings is 1. The Morgan fingerprint density at radius 2 is 2.07 bits per heavy atom. The van der Waals surface area contributed by atoms with Crippen LogP contribution in [0, 0.1) is 0 Å². The number of carbonyl (C=O) groups excluding carboxylic acids is 1. The lowest BCUT2D eigenvalue weighted by atomic mass is 10.1. The van der Waals surface area contributed by atoms with Crippen molar-refractivity contribution < 1.29 is 9.53 Å². The number of rotatable bonds is 7. The van der Waals surface area contributed by atoms with Crippen LogP contribution in [0.3, 0.4) is 0 Å². The smallest absolute Gasteiger partial charge is 0.222 e. The Kier molecular flexibility index (Phi) is 10.2. The van der Waals surface area contributed by atoms with Gasteiger partial charge in [0.2, 0.25) is 5.91 Å². The Morgan fingerprint density at radius 3 is 2.73 bits per heavy atom. The number of carbonyl (C=O) groups is 1. The average molecular weight is 529 g/mol. The molecule has 0 aromatic heterocycles. The summed E-state index contributed by atoms with van der Waals surface area (Å²) in [4.78, 5) is 20.8. The molecule has 0 radical (unpaired) electrons. The van der Waals surface area contributed by atoms with Crippen LogP contribution in [0.5, 0.6) is 5.75 Å². The van der Waals surface area contributed by atoms with E-state index in [2.05, 4.69) is 38.7 Å². The Hall–Kier alpha value is -1.55. The molecule has 0 saturated carbocycles. The first kappa shape index (κ1) is 24.7. The molecule has 1 amide bonds. The number of aliphatic imine (C=N–C) groups is 1. The third-order valence-electron chi connectivity index (χ3n) is 5.93. The van der Waals surface area contributed by atoms with Crippen molar-refractivity contribution in [3.05, 3.63) is 29.8 Å². The molecule has 8 heteroatoms. The minimum Gasteiger partial charge on any atom is -0.497 e. The molecule has 2 aliphatic heterocycles.